The molecular formula is C12H10N2. The summed E-state index contributed by atoms with van der Waals surface area (Å²) in [6.07, 6.45) is 4.72. The molecule has 0 saturated heterocycles. The average molecular weight is 182 g/mol. The van der Waals surface area contributed by atoms with Crippen LogP contribution in [0.25, 0.3) is 10.9 Å². The molecule has 1 heterocycles. The summed E-state index contributed by atoms with van der Waals surface area (Å²) >= 11 is 0. The van der Waals surface area contributed by atoms with Gasteiger partial charge in [-0.05, 0) is 37.1 Å². The zero-order chi connectivity index (χ0) is 9.54. The van der Waals surface area contributed by atoms with Crippen LogP contribution in [0.15, 0.2) is 30.5 Å². The Labute approximate surface area is 82.4 Å². The fourth-order valence-corrected chi connectivity index (χ4v) is 1.90. The molecule has 2 aromatic rings. The van der Waals surface area contributed by atoms with Crippen molar-refractivity contribution in [3.8, 4) is 6.07 Å². The number of aromatic nitrogens is 1. The van der Waals surface area contributed by atoms with Crippen molar-refractivity contribution < 1.29 is 0 Å². The van der Waals surface area contributed by atoms with Crippen LogP contribution in [0.1, 0.15) is 24.4 Å². The smallest absolute Gasteiger partial charge is 0.0991 e. The lowest BCUT2D eigenvalue weighted by Crippen LogP contribution is -1.89. The summed E-state index contributed by atoms with van der Waals surface area (Å²) < 4.78 is 2.32. The molecule has 68 valence electrons. The molecular weight excluding hydrogens is 172 g/mol. The van der Waals surface area contributed by atoms with E-state index in [4.69, 9.17) is 5.26 Å². The number of nitriles is 1. The van der Waals surface area contributed by atoms with Crippen LogP contribution < -0.4 is 0 Å². The van der Waals surface area contributed by atoms with E-state index in [0.29, 0.717) is 6.04 Å². The van der Waals surface area contributed by atoms with E-state index in [-0.39, 0.29) is 0 Å². The molecule has 0 bridgehead atoms. The van der Waals surface area contributed by atoms with Gasteiger partial charge in [0.15, 0.2) is 0 Å². The Morgan fingerprint density at radius 1 is 1.29 bits per heavy atom. The van der Waals surface area contributed by atoms with Gasteiger partial charge < -0.3 is 4.57 Å². The highest BCUT2D eigenvalue weighted by Gasteiger charge is 2.24. The van der Waals surface area contributed by atoms with Gasteiger partial charge in [0.05, 0.1) is 11.6 Å². The Hall–Kier alpha value is -1.75. The first-order valence-corrected chi connectivity index (χ1v) is 4.89. The van der Waals surface area contributed by atoms with Crippen LogP contribution in [0.5, 0.6) is 0 Å². The lowest BCUT2D eigenvalue weighted by atomic mass is 10.2. The minimum absolute atomic E-state index is 0.709. The van der Waals surface area contributed by atoms with Gasteiger partial charge in [-0.15, -0.1) is 0 Å². The fourth-order valence-electron chi connectivity index (χ4n) is 1.90. The molecule has 1 fully saturated rings. The van der Waals surface area contributed by atoms with Crippen molar-refractivity contribution in [3.05, 3.63) is 36.0 Å². The van der Waals surface area contributed by atoms with E-state index in [2.05, 4.69) is 22.9 Å². The normalized spacial score (nSPS) is 15.6. The molecule has 0 atom stereocenters. The zero-order valence-corrected chi connectivity index (χ0v) is 7.77. The summed E-state index contributed by atoms with van der Waals surface area (Å²) in [7, 11) is 0. The van der Waals surface area contributed by atoms with Crippen molar-refractivity contribution >= 4 is 10.9 Å². The van der Waals surface area contributed by atoms with E-state index in [0.717, 1.165) is 5.56 Å². The third-order valence-electron chi connectivity index (χ3n) is 2.79. The number of benzene rings is 1. The first kappa shape index (κ1) is 7.64. The molecule has 3 rings (SSSR count). The molecule has 14 heavy (non-hydrogen) atoms. The molecule has 0 N–H and O–H groups in total. The molecule has 0 spiro atoms. The van der Waals surface area contributed by atoms with E-state index in [1.807, 2.05) is 18.2 Å². The van der Waals surface area contributed by atoms with Crippen LogP contribution in [-0.4, -0.2) is 4.57 Å². The largest absolute Gasteiger partial charge is 0.344 e. The van der Waals surface area contributed by atoms with Crippen molar-refractivity contribution in [1.29, 1.82) is 5.26 Å². The Morgan fingerprint density at radius 3 is 2.86 bits per heavy atom. The maximum absolute atomic E-state index is 8.77. The van der Waals surface area contributed by atoms with Crippen molar-refractivity contribution in [3.63, 3.8) is 0 Å². The lowest BCUT2D eigenvalue weighted by Gasteiger charge is -2.01. The summed E-state index contributed by atoms with van der Waals surface area (Å²) in [5, 5.41) is 9.95. The number of rotatable bonds is 1. The second-order valence-corrected chi connectivity index (χ2v) is 3.84. The van der Waals surface area contributed by atoms with Gasteiger partial charge >= 0.3 is 0 Å². The Balaban J connectivity index is 2.23. The quantitative estimate of drug-likeness (QED) is 0.666. The van der Waals surface area contributed by atoms with E-state index in [9.17, 15) is 0 Å². The molecule has 0 aliphatic heterocycles. The second-order valence-electron chi connectivity index (χ2n) is 3.84. The molecule has 0 radical (unpaired) electrons. The molecule has 1 aliphatic rings. The number of hydrogen-bond donors (Lipinski definition) is 0. The van der Waals surface area contributed by atoms with Crippen molar-refractivity contribution in [2.24, 2.45) is 0 Å². The third-order valence-corrected chi connectivity index (χ3v) is 2.79. The number of nitrogens with zero attached hydrogens (tertiary/aromatic N) is 2. The summed E-state index contributed by atoms with van der Waals surface area (Å²) in [5.74, 6) is 0. The van der Waals surface area contributed by atoms with Gasteiger partial charge in [0, 0.05) is 23.1 Å². The van der Waals surface area contributed by atoms with E-state index in [1.165, 1.54) is 23.7 Å². The van der Waals surface area contributed by atoms with Gasteiger partial charge in [-0.3, -0.25) is 0 Å². The van der Waals surface area contributed by atoms with E-state index in [1.54, 1.807) is 0 Å². The SMILES string of the molecule is N#Cc1ccc2c(ccn2C2CC2)c1. The van der Waals surface area contributed by atoms with Crippen LogP contribution >= 0.6 is 0 Å². The highest BCUT2D eigenvalue weighted by Crippen LogP contribution is 2.37. The van der Waals surface area contributed by atoms with Crippen LogP contribution in [0.4, 0.5) is 0 Å². The van der Waals surface area contributed by atoms with Gasteiger partial charge in [0.1, 0.15) is 0 Å². The highest BCUT2D eigenvalue weighted by atomic mass is 15.0. The maximum Gasteiger partial charge on any atom is 0.0991 e. The topological polar surface area (TPSA) is 28.7 Å². The van der Waals surface area contributed by atoms with E-state index < -0.39 is 0 Å². The summed E-state index contributed by atoms with van der Waals surface area (Å²) in [6.45, 7) is 0. The summed E-state index contributed by atoms with van der Waals surface area (Å²) in [6, 6.07) is 10.9. The van der Waals surface area contributed by atoms with E-state index >= 15 is 0 Å². The molecule has 1 aromatic carbocycles. The van der Waals surface area contributed by atoms with Crippen molar-refractivity contribution in [1.82, 2.24) is 4.57 Å². The van der Waals surface area contributed by atoms with Gasteiger partial charge in [0.25, 0.3) is 0 Å². The predicted octanol–water partition coefficient (Wildman–Crippen LogP) is 2.85. The zero-order valence-electron chi connectivity index (χ0n) is 7.77. The van der Waals surface area contributed by atoms with Gasteiger partial charge in [-0.25, -0.2) is 0 Å². The van der Waals surface area contributed by atoms with Crippen molar-refractivity contribution in [2.75, 3.05) is 0 Å². The van der Waals surface area contributed by atoms with Crippen LogP contribution in [-0.2, 0) is 0 Å². The Kier molecular flexibility index (Phi) is 1.43. The number of fused-ring (bicyclic) bond motifs is 1. The summed E-state index contributed by atoms with van der Waals surface area (Å²) in [4.78, 5) is 0. The average Bonchev–Trinajstić information content (AvgIpc) is 2.98. The first-order chi connectivity index (χ1) is 6.88. The predicted molar refractivity (Wildman–Crippen MR) is 54.9 cm³/mol. The lowest BCUT2D eigenvalue weighted by molar-refractivity contribution is 0.776. The maximum atomic E-state index is 8.77. The molecule has 1 aliphatic carbocycles. The molecule has 2 heteroatoms. The molecule has 1 saturated carbocycles. The fraction of sp³-hybridized carbons (Fsp3) is 0.250. The van der Waals surface area contributed by atoms with Crippen LogP contribution in [0.3, 0.4) is 0 Å². The molecule has 0 unspecified atom stereocenters. The highest BCUT2D eigenvalue weighted by molar-refractivity contribution is 5.81. The molecule has 1 aromatic heterocycles. The third kappa shape index (κ3) is 1.03. The van der Waals surface area contributed by atoms with Gasteiger partial charge in [0.2, 0.25) is 0 Å². The Bertz CT molecular complexity index is 527. The van der Waals surface area contributed by atoms with Crippen molar-refractivity contribution in [2.45, 2.75) is 18.9 Å². The number of hydrogen-bond acceptors (Lipinski definition) is 1. The summed E-state index contributed by atoms with van der Waals surface area (Å²) in [5.41, 5.74) is 2.00. The monoisotopic (exact) mass is 182 g/mol. The Morgan fingerprint density at radius 2 is 2.14 bits per heavy atom. The molecule has 0 amide bonds. The standard InChI is InChI=1S/C12H10N2/c13-8-9-1-4-12-10(7-9)5-6-14(12)11-2-3-11/h1,4-7,11H,2-3H2. The minimum Gasteiger partial charge on any atom is -0.344 e. The van der Waals surface area contributed by atoms with Gasteiger partial charge in [-0.2, -0.15) is 5.26 Å². The van der Waals surface area contributed by atoms with Crippen LogP contribution in [0, 0.1) is 11.3 Å². The first-order valence-electron chi connectivity index (χ1n) is 4.89. The molecule has 2 nitrogen and oxygen atoms in total. The second kappa shape index (κ2) is 2.62. The van der Waals surface area contributed by atoms with Crippen LogP contribution in [0.2, 0.25) is 0 Å². The van der Waals surface area contributed by atoms with Gasteiger partial charge in [-0.1, -0.05) is 0 Å². The minimum atomic E-state index is 0.709.